The molecule has 0 bridgehead atoms. The van der Waals surface area contributed by atoms with Crippen molar-refractivity contribution in [1.29, 1.82) is 0 Å². The monoisotopic (exact) mass is 297 g/mol. The molecule has 2 N–H and O–H groups in total. The molecule has 2 aromatic rings. The summed E-state index contributed by atoms with van der Waals surface area (Å²) < 4.78 is 39.1. The number of benzene rings is 1. The summed E-state index contributed by atoms with van der Waals surface area (Å²) in [6.07, 6.45) is -3.21. The molecule has 2 heterocycles. The Hall–Kier alpha value is -1.53. The predicted octanol–water partition coefficient (Wildman–Crippen LogP) is 3.07. The van der Waals surface area contributed by atoms with E-state index in [4.69, 9.17) is 0 Å². The lowest BCUT2D eigenvalue weighted by atomic mass is 9.97. The Balaban J connectivity index is 1.99. The van der Waals surface area contributed by atoms with E-state index >= 15 is 0 Å². The number of piperazine rings is 1. The predicted molar refractivity (Wildman–Crippen MR) is 76.2 cm³/mol. The minimum atomic E-state index is -4.17. The number of nitrogens with one attached hydrogen (secondary N) is 2. The van der Waals surface area contributed by atoms with Crippen LogP contribution in [0.4, 0.5) is 13.2 Å². The van der Waals surface area contributed by atoms with Gasteiger partial charge in [-0.3, -0.25) is 4.90 Å². The number of fused-ring (bicyclic) bond motifs is 1. The molecule has 0 spiro atoms. The number of alkyl halides is 3. The zero-order valence-corrected chi connectivity index (χ0v) is 11.6. The van der Waals surface area contributed by atoms with E-state index in [1.165, 1.54) is 0 Å². The minimum absolute atomic E-state index is 0.619. The van der Waals surface area contributed by atoms with Gasteiger partial charge in [-0.25, -0.2) is 0 Å². The molecule has 21 heavy (non-hydrogen) atoms. The summed E-state index contributed by atoms with van der Waals surface area (Å²) in [6.45, 7) is 2.75. The first-order valence-electron chi connectivity index (χ1n) is 7.12. The average Bonchev–Trinajstić information content (AvgIpc) is 2.93. The highest BCUT2D eigenvalue weighted by Crippen LogP contribution is 2.36. The maximum atomic E-state index is 13.0. The van der Waals surface area contributed by atoms with Crippen LogP contribution in [0.2, 0.25) is 0 Å². The van der Waals surface area contributed by atoms with Gasteiger partial charge in [-0.15, -0.1) is 0 Å². The molecule has 0 radical (unpaired) electrons. The van der Waals surface area contributed by atoms with Gasteiger partial charge in [-0.05, 0) is 17.7 Å². The molecule has 1 aliphatic rings. The van der Waals surface area contributed by atoms with Crippen LogP contribution in [0.5, 0.6) is 0 Å². The van der Waals surface area contributed by atoms with Crippen LogP contribution in [-0.4, -0.2) is 42.2 Å². The molecule has 1 atom stereocenters. The molecule has 0 saturated carbocycles. The van der Waals surface area contributed by atoms with Crippen molar-refractivity contribution in [2.75, 3.05) is 26.2 Å². The van der Waals surface area contributed by atoms with Crippen molar-refractivity contribution in [1.82, 2.24) is 15.2 Å². The van der Waals surface area contributed by atoms with Gasteiger partial charge < -0.3 is 10.3 Å². The molecule has 0 amide bonds. The Morgan fingerprint density at radius 3 is 2.62 bits per heavy atom. The van der Waals surface area contributed by atoms with Crippen LogP contribution in [0, 0.1) is 0 Å². The lowest BCUT2D eigenvalue weighted by Crippen LogP contribution is -2.46. The molecule has 1 aromatic carbocycles. The molecular formula is C15H18F3N3. The summed E-state index contributed by atoms with van der Waals surface area (Å²) in [5, 5.41) is 4.07. The Morgan fingerprint density at radius 2 is 1.90 bits per heavy atom. The number of aromatic nitrogens is 1. The van der Waals surface area contributed by atoms with E-state index in [1.54, 1.807) is 6.20 Å². The van der Waals surface area contributed by atoms with Crippen molar-refractivity contribution < 1.29 is 13.2 Å². The number of aromatic amines is 1. The zero-order valence-electron chi connectivity index (χ0n) is 11.6. The van der Waals surface area contributed by atoms with Crippen LogP contribution in [0.15, 0.2) is 30.5 Å². The molecule has 6 heteroatoms. The fraction of sp³-hybridized carbons (Fsp3) is 0.467. The first-order valence-corrected chi connectivity index (χ1v) is 7.12. The average molecular weight is 297 g/mol. The van der Waals surface area contributed by atoms with Crippen molar-refractivity contribution in [3.05, 3.63) is 36.0 Å². The summed E-state index contributed by atoms with van der Waals surface area (Å²) in [5.41, 5.74) is 1.64. The Bertz CT molecular complexity index is 599. The Morgan fingerprint density at radius 1 is 1.14 bits per heavy atom. The Kier molecular flexibility index (Phi) is 3.91. The third-order valence-electron chi connectivity index (χ3n) is 4.00. The van der Waals surface area contributed by atoms with Crippen molar-refractivity contribution in [2.24, 2.45) is 0 Å². The fourth-order valence-electron chi connectivity index (χ4n) is 3.05. The highest BCUT2D eigenvalue weighted by atomic mass is 19.4. The number of hydrogen-bond acceptors (Lipinski definition) is 2. The quantitative estimate of drug-likeness (QED) is 0.912. The van der Waals surface area contributed by atoms with Gasteiger partial charge in [0.25, 0.3) is 0 Å². The molecule has 1 aliphatic heterocycles. The van der Waals surface area contributed by atoms with E-state index in [1.807, 2.05) is 29.2 Å². The van der Waals surface area contributed by atoms with Crippen molar-refractivity contribution in [3.8, 4) is 0 Å². The molecule has 0 aliphatic carbocycles. The molecule has 1 saturated heterocycles. The normalized spacial score (nSPS) is 19.0. The van der Waals surface area contributed by atoms with E-state index in [0.29, 0.717) is 13.1 Å². The van der Waals surface area contributed by atoms with E-state index in [2.05, 4.69) is 10.3 Å². The molecule has 3 rings (SSSR count). The number of hydrogen-bond donors (Lipinski definition) is 2. The largest absolute Gasteiger partial charge is 0.390 e. The molecular weight excluding hydrogens is 279 g/mol. The molecule has 1 fully saturated rings. The summed E-state index contributed by atoms with van der Waals surface area (Å²) in [7, 11) is 0. The van der Waals surface area contributed by atoms with E-state index in [-0.39, 0.29) is 0 Å². The second-order valence-corrected chi connectivity index (χ2v) is 5.41. The summed E-state index contributed by atoms with van der Waals surface area (Å²) in [4.78, 5) is 5.00. The second-order valence-electron chi connectivity index (χ2n) is 5.41. The van der Waals surface area contributed by atoms with Crippen LogP contribution < -0.4 is 5.32 Å². The molecule has 3 nitrogen and oxygen atoms in total. The van der Waals surface area contributed by atoms with Crippen LogP contribution in [0.25, 0.3) is 10.9 Å². The number of rotatable bonds is 3. The maximum Gasteiger partial charge on any atom is 0.390 e. The molecule has 114 valence electrons. The number of nitrogens with zero attached hydrogens (tertiary/aromatic N) is 1. The summed E-state index contributed by atoms with van der Waals surface area (Å²) >= 11 is 0. The third-order valence-corrected chi connectivity index (χ3v) is 4.00. The summed E-state index contributed by atoms with van der Waals surface area (Å²) in [6, 6.07) is 6.76. The smallest absolute Gasteiger partial charge is 0.361 e. The van der Waals surface area contributed by atoms with Gasteiger partial charge in [0, 0.05) is 49.3 Å². The van der Waals surface area contributed by atoms with Gasteiger partial charge in [0.2, 0.25) is 0 Å². The highest BCUT2D eigenvalue weighted by molar-refractivity contribution is 5.83. The van der Waals surface area contributed by atoms with Gasteiger partial charge in [-0.1, -0.05) is 12.1 Å². The van der Waals surface area contributed by atoms with Crippen LogP contribution in [0.3, 0.4) is 0 Å². The van der Waals surface area contributed by atoms with Gasteiger partial charge in [0.15, 0.2) is 0 Å². The number of H-pyrrole nitrogens is 1. The summed E-state index contributed by atoms with van der Waals surface area (Å²) in [5.74, 6) is 0. The lowest BCUT2D eigenvalue weighted by molar-refractivity contribution is -0.148. The number of halogens is 3. The van der Waals surface area contributed by atoms with Crippen molar-refractivity contribution in [3.63, 3.8) is 0 Å². The lowest BCUT2D eigenvalue weighted by Gasteiger charge is -2.36. The van der Waals surface area contributed by atoms with Crippen LogP contribution in [-0.2, 0) is 0 Å². The highest BCUT2D eigenvalue weighted by Gasteiger charge is 2.36. The first-order chi connectivity index (χ1) is 10.0. The first kappa shape index (κ1) is 14.4. The molecule has 0 unspecified atom stereocenters. The van der Waals surface area contributed by atoms with Crippen LogP contribution >= 0.6 is 0 Å². The Labute approximate surface area is 121 Å². The minimum Gasteiger partial charge on any atom is -0.361 e. The second kappa shape index (κ2) is 5.69. The van der Waals surface area contributed by atoms with E-state index in [9.17, 15) is 13.2 Å². The zero-order chi connectivity index (χ0) is 14.9. The fourth-order valence-corrected chi connectivity index (χ4v) is 3.05. The van der Waals surface area contributed by atoms with Crippen molar-refractivity contribution >= 4 is 10.9 Å². The topological polar surface area (TPSA) is 31.1 Å². The van der Waals surface area contributed by atoms with Gasteiger partial charge in [0.05, 0.1) is 6.42 Å². The van der Waals surface area contributed by atoms with E-state index < -0.39 is 18.6 Å². The third kappa shape index (κ3) is 3.22. The molecule has 1 aromatic heterocycles. The van der Waals surface area contributed by atoms with Gasteiger partial charge in [-0.2, -0.15) is 13.2 Å². The maximum absolute atomic E-state index is 13.0. The van der Waals surface area contributed by atoms with Gasteiger partial charge >= 0.3 is 6.18 Å². The van der Waals surface area contributed by atoms with E-state index in [0.717, 1.165) is 29.6 Å². The van der Waals surface area contributed by atoms with Crippen molar-refractivity contribution in [2.45, 2.75) is 18.6 Å². The van der Waals surface area contributed by atoms with Crippen LogP contribution in [0.1, 0.15) is 18.0 Å². The standard InChI is InChI=1S/C15H18F3N3/c16-15(17,18)10-14(21-8-6-19-7-9-21)12-2-1-3-13-11(12)4-5-20-13/h1-5,14,19-20H,6-10H2/t14-/m1/s1. The SMILES string of the molecule is FC(F)(F)C[C@H](c1cccc2[nH]ccc12)N1CCNCC1. The van der Waals surface area contributed by atoms with Gasteiger partial charge in [0.1, 0.15) is 0 Å².